The number of benzene rings is 2. The van der Waals surface area contributed by atoms with Gasteiger partial charge in [0.2, 0.25) is 5.91 Å². The average Bonchev–Trinajstić information content (AvgIpc) is 3.29. The molecule has 1 aromatic heterocycles. The number of fused-ring (bicyclic) bond motifs is 1. The Morgan fingerprint density at radius 1 is 1.06 bits per heavy atom. The van der Waals surface area contributed by atoms with Crippen molar-refractivity contribution in [2.75, 3.05) is 19.7 Å². The number of carbonyl (C=O) groups excluding carboxylic acids is 1. The van der Waals surface area contributed by atoms with E-state index < -0.39 is 0 Å². The molecule has 31 heavy (non-hydrogen) atoms. The summed E-state index contributed by atoms with van der Waals surface area (Å²) < 4.78 is 8.33. The molecule has 4 rings (SSSR count). The molecule has 1 aliphatic heterocycles. The fourth-order valence-corrected chi connectivity index (χ4v) is 4.58. The molecule has 5 nitrogen and oxygen atoms in total. The van der Waals surface area contributed by atoms with Gasteiger partial charge >= 0.3 is 0 Å². The standard InChI is InChI=1S/C26H33N3O2/c1-4-5-11-28-18-21(17-25(28)30)26-27-23-9-6-7-10-24(23)29(26)12-8-13-31-22-15-19(2)14-20(3)16-22/h6-7,9-10,14-16,21H,4-5,8,11-13,17-18H2,1-3H3. The van der Waals surface area contributed by atoms with Gasteiger partial charge in [-0.2, -0.15) is 0 Å². The molecule has 2 aromatic carbocycles. The maximum atomic E-state index is 12.5. The molecule has 1 fully saturated rings. The van der Waals surface area contributed by atoms with E-state index in [-0.39, 0.29) is 11.8 Å². The third-order valence-electron chi connectivity index (χ3n) is 6.04. The number of carbonyl (C=O) groups is 1. The van der Waals surface area contributed by atoms with Gasteiger partial charge in [0.15, 0.2) is 0 Å². The average molecular weight is 420 g/mol. The summed E-state index contributed by atoms with van der Waals surface area (Å²) in [4.78, 5) is 19.5. The number of rotatable bonds is 9. The van der Waals surface area contributed by atoms with Crippen LogP contribution in [0.3, 0.4) is 0 Å². The van der Waals surface area contributed by atoms with E-state index in [1.165, 1.54) is 11.1 Å². The van der Waals surface area contributed by atoms with Crippen molar-refractivity contribution in [3.05, 3.63) is 59.4 Å². The highest BCUT2D eigenvalue weighted by atomic mass is 16.5. The summed E-state index contributed by atoms with van der Waals surface area (Å²) in [6, 6.07) is 14.6. The van der Waals surface area contributed by atoms with Gasteiger partial charge in [0.25, 0.3) is 0 Å². The number of likely N-dealkylation sites (tertiary alicyclic amines) is 1. The van der Waals surface area contributed by atoms with Crippen molar-refractivity contribution in [3.63, 3.8) is 0 Å². The van der Waals surface area contributed by atoms with Crippen LogP contribution in [0.5, 0.6) is 5.75 Å². The van der Waals surface area contributed by atoms with Crippen molar-refractivity contribution in [1.29, 1.82) is 0 Å². The van der Waals surface area contributed by atoms with Gasteiger partial charge in [-0.3, -0.25) is 4.79 Å². The number of amides is 1. The van der Waals surface area contributed by atoms with Crippen LogP contribution in [-0.4, -0.2) is 40.1 Å². The summed E-state index contributed by atoms with van der Waals surface area (Å²) in [6.45, 7) is 9.48. The van der Waals surface area contributed by atoms with Gasteiger partial charge in [-0.15, -0.1) is 0 Å². The number of aryl methyl sites for hydroxylation is 3. The van der Waals surface area contributed by atoms with Crippen molar-refractivity contribution in [2.45, 2.75) is 58.9 Å². The van der Waals surface area contributed by atoms with Crippen molar-refractivity contribution >= 4 is 16.9 Å². The second kappa shape index (κ2) is 9.54. The Morgan fingerprint density at radius 3 is 2.61 bits per heavy atom. The van der Waals surface area contributed by atoms with Crippen LogP contribution in [0.25, 0.3) is 11.0 Å². The largest absolute Gasteiger partial charge is 0.494 e. The van der Waals surface area contributed by atoms with E-state index in [4.69, 9.17) is 9.72 Å². The third-order valence-corrected chi connectivity index (χ3v) is 6.04. The van der Waals surface area contributed by atoms with Gasteiger partial charge in [0.05, 0.1) is 17.6 Å². The number of hydrogen-bond donors (Lipinski definition) is 0. The predicted molar refractivity (Wildman–Crippen MR) is 125 cm³/mol. The zero-order chi connectivity index (χ0) is 21.8. The van der Waals surface area contributed by atoms with Gasteiger partial charge in [-0.25, -0.2) is 4.98 Å². The summed E-state index contributed by atoms with van der Waals surface area (Å²) in [7, 11) is 0. The summed E-state index contributed by atoms with van der Waals surface area (Å²) in [5.74, 6) is 2.40. The molecule has 1 atom stereocenters. The van der Waals surface area contributed by atoms with E-state index in [2.05, 4.69) is 61.7 Å². The molecule has 3 aromatic rings. The molecular formula is C26H33N3O2. The first-order chi connectivity index (χ1) is 15.0. The second-order valence-electron chi connectivity index (χ2n) is 8.73. The lowest BCUT2D eigenvalue weighted by Gasteiger charge is -2.17. The SMILES string of the molecule is CCCCN1CC(c2nc3ccccc3n2CCCOc2cc(C)cc(C)c2)CC1=O. The zero-order valence-electron chi connectivity index (χ0n) is 18.9. The quantitative estimate of drug-likeness (QED) is 0.446. The van der Waals surface area contributed by atoms with E-state index in [1.807, 2.05) is 11.0 Å². The number of nitrogens with zero attached hydrogens (tertiary/aromatic N) is 3. The van der Waals surface area contributed by atoms with Crippen LogP contribution in [0.15, 0.2) is 42.5 Å². The normalized spacial score (nSPS) is 16.4. The number of para-hydroxylation sites is 2. The Balaban J connectivity index is 1.47. The number of hydrogen-bond acceptors (Lipinski definition) is 3. The molecule has 0 radical (unpaired) electrons. The fourth-order valence-electron chi connectivity index (χ4n) is 4.58. The number of unbranched alkanes of at least 4 members (excludes halogenated alkanes) is 1. The summed E-state index contributed by atoms with van der Waals surface area (Å²) >= 11 is 0. The minimum atomic E-state index is 0.164. The number of imidazole rings is 1. The Hall–Kier alpha value is -2.82. The molecular weight excluding hydrogens is 386 g/mol. The van der Waals surface area contributed by atoms with E-state index >= 15 is 0 Å². The minimum Gasteiger partial charge on any atom is -0.494 e. The summed E-state index contributed by atoms with van der Waals surface area (Å²) in [6.07, 6.45) is 3.62. The molecule has 1 amide bonds. The maximum absolute atomic E-state index is 12.5. The third kappa shape index (κ3) is 4.92. The second-order valence-corrected chi connectivity index (χ2v) is 8.73. The van der Waals surface area contributed by atoms with E-state index in [0.717, 1.165) is 61.5 Å². The van der Waals surface area contributed by atoms with Crippen molar-refractivity contribution in [2.24, 2.45) is 0 Å². The van der Waals surface area contributed by atoms with Crippen LogP contribution >= 0.6 is 0 Å². The van der Waals surface area contributed by atoms with Crippen LogP contribution in [-0.2, 0) is 11.3 Å². The van der Waals surface area contributed by atoms with E-state index in [0.29, 0.717) is 13.0 Å². The van der Waals surface area contributed by atoms with E-state index in [1.54, 1.807) is 0 Å². The highest BCUT2D eigenvalue weighted by molar-refractivity contribution is 5.80. The first kappa shape index (κ1) is 21.4. The molecule has 2 heterocycles. The van der Waals surface area contributed by atoms with Crippen molar-refractivity contribution in [1.82, 2.24) is 14.5 Å². The van der Waals surface area contributed by atoms with Crippen LogP contribution in [0.2, 0.25) is 0 Å². The zero-order valence-corrected chi connectivity index (χ0v) is 18.9. The van der Waals surface area contributed by atoms with Crippen LogP contribution < -0.4 is 4.74 Å². The van der Waals surface area contributed by atoms with Crippen molar-refractivity contribution in [3.8, 4) is 5.75 Å². The van der Waals surface area contributed by atoms with Crippen LogP contribution in [0.1, 0.15) is 55.5 Å². The molecule has 0 aliphatic carbocycles. The van der Waals surface area contributed by atoms with Crippen LogP contribution in [0, 0.1) is 13.8 Å². The Bertz CT molecular complexity index is 1040. The Morgan fingerprint density at radius 2 is 1.84 bits per heavy atom. The predicted octanol–water partition coefficient (Wildman–Crippen LogP) is 5.24. The molecule has 0 saturated carbocycles. The topological polar surface area (TPSA) is 47.4 Å². The molecule has 0 N–H and O–H groups in total. The highest BCUT2D eigenvalue weighted by Gasteiger charge is 2.33. The monoisotopic (exact) mass is 419 g/mol. The number of aromatic nitrogens is 2. The first-order valence-corrected chi connectivity index (χ1v) is 11.5. The Labute approximate surface area is 185 Å². The lowest BCUT2D eigenvalue weighted by molar-refractivity contribution is -0.127. The molecule has 0 spiro atoms. The van der Waals surface area contributed by atoms with Gasteiger partial charge in [-0.1, -0.05) is 31.5 Å². The maximum Gasteiger partial charge on any atom is 0.223 e. The fraction of sp³-hybridized carbons (Fsp3) is 0.462. The Kier molecular flexibility index (Phi) is 6.59. The first-order valence-electron chi connectivity index (χ1n) is 11.5. The van der Waals surface area contributed by atoms with Crippen LogP contribution in [0.4, 0.5) is 0 Å². The van der Waals surface area contributed by atoms with Gasteiger partial charge < -0.3 is 14.2 Å². The molecule has 164 valence electrons. The lowest BCUT2D eigenvalue weighted by atomic mass is 10.1. The minimum absolute atomic E-state index is 0.164. The smallest absolute Gasteiger partial charge is 0.223 e. The molecule has 1 aliphatic rings. The molecule has 1 unspecified atom stereocenters. The lowest BCUT2D eigenvalue weighted by Crippen LogP contribution is -2.26. The van der Waals surface area contributed by atoms with Crippen molar-refractivity contribution < 1.29 is 9.53 Å². The summed E-state index contributed by atoms with van der Waals surface area (Å²) in [5, 5.41) is 0. The molecule has 0 bridgehead atoms. The number of ether oxygens (including phenoxy) is 1. The summed E-state index contributed by atoms with van der Waals surface area (Å²) in [5.41, 5.74) is 4.59. The van der Waals surface area contributed by atoms with Gasteiger partial charge in [0.1, 0.15) is 11.6 Å². The molecule has 5 heteroatoms. The van der Waals surface area contributed by atoms with Gasteiger partial charge in [-0.05, 0) is 62.1 Å². The van der Waals surface area contributed by atoms with E-state index in [9.17, 15) is 4.79 Å². The molecule has 1 saturated heterocycles. The highest BCUT2D eigenvalue weighted by Crippen LogP contribution is 2.31. The van der Waals surface area contributed by atoms with Gasteiger partial charge in [0, 0.05) is 32.0 Å².